The molecule has 150 valence electrons. The summed E-state index contributed by atoms with van der Waals surface area (Å²) in [6.45, 7) is 7.64. The maximum atomic E-state index is 11.8. The van der Waals surface area contributed by atoms with Crippen molar-refractivity contribution < 1.29 is 14.3 Å². The number of nitrogens with one attached hydrogen (secondary N) is 2. The Bertz CT molecular complexity index is 497. The molecule has 0 radical (unpaired) electrons. The topological polar surface area (TPSA) is 83.0 Å². The van der Waals surface area contributed by atoms with Crippen molar-refractivity contribution >= 4 is 41.8 Å². The average molecular weight is 480 g/mol. The van der Waals surface area contributed by atoms with E-state index in [-0.39, 0.29) is 53.6 Å². The van der Waals surface area contributed by atoms with E-state index >= 15 is 0 Å². The summed E-state index contributed by atoms with van der Waals surface area (Å²) < 4.78 is 4.90. The van der Waals surface area contributed by atoms with Crippen LogP contribution in [0.15, 0.2) is 4.99 Å². The molecule has 26 heavy (non-hydrogen) atoms. The van der Waals surface area contributed by atoms with Gasteiger partial charge >= 0.3 is 5.97 Å². The second kappa shape index (κ2) is 11.6. The molecule has 0 aromatic rings. The van der Waals surface area contributed by atoms with Crippen LogP contribution < -0.4 is 10.6 Å². The van der Waals surface area contributed by atoms with E-state index in [1.165, 1.54) is 13.5 Å². The van der Waals surface area contributed by atoms with Crippen molar-refractivity contribution in [2.24, 2.45) is 22.7 Å². The standard InChI is InChI=1S/C18H32N4O3.HI/c1-4-19-18(22-11-13(2)15(12-22)17(24)25-3)21-10-6-9-20-16(23)14-7-5-8-14;/h13-15H,4-12H2,1-3H3,(H,19,21)(H,20,23);1H. The van der Waals surface area contributed by atoms with E-state index in [1.807, 2.05) is 6.92 Å². The number of methoxy groups -OCH3 is 1. The fraction of sp³-hybridized carbons (Fsp3) is 0.833. The predicted molar refractivity (Wildman–Crippen MR) is 113 cm³/mol. The van der Waals surface area contributed by atoms with Crippen LogP contribution in [0.5, 0.6) is 0 Å². The van der Waals surface area contributed by atoms with E-state index in [4.69, 9.17) is 4.74 Å². The van der Waals surface area contributed by atoms with E-state index < -0.39 is 0 Å². The third-order valence-corrected chi connectivity index (χ3v) is 5.12. The Labute approximate surface area is 173 Å². The molecule has 2 aliphatic rings. The molecule has 8 heteroatoms. The number of rotatable bonds is 7. The zero-order valence-corrected chi connectivity index (χ0v) is 18.5. The number of halogens is 1. The Morgan fingerprint density at radius 1 is 1.23 bits per heavy atom. The molecule has 0 aromatic heterocycles. The third kappa shape index (κ3) is 6.28. The Balaban J connectivity index is 0.00000338. The second-order valence-electron chi connectivity index (χ2n) is 7.02. The molecule has 2 N–H and O–H groups in total. The van der Waals surface area contributed by atoms with Crippen LogP contribution in [0.4, 0.5) is 0 Å². The Morgan fingerprint density at radius 3 is 2.54 bits per heavy atom. The molecule has 2 unspecified atom stereocenters. The Morgan fingerprint density at radius 2 is 1.96 bits per heavy atom. The molecule has 1 amide bonds. The van der Waals surface area contributed by atoms with Crippen LogP contribution in [0.25, 0.3) is 0 Å². The highest BCUT2D eigenvalue weighted by atomic mass is 127. The van der Waals surface area contributed by atoms with Crippen LogP contribution in [0.1, 0.15) is 39.5 Å². The van der Waals surface area contributed by atoms with Crippen LogP contribution >= 0.6 is 24.0 Å². The van der Waals surface area contributed by atoms with Gasteiger partial charge in [-0.3, -0.25) is 14.6 Å². The van der Waals surface area contributed by atoms with Gasteiger partial charge in [-0.15, -0.1) is 24.0 Å². The molecule has 0 bridgehead atoms. The van der Waals surface area contributed by atoms with Crippen molar-refractivity contribution in [1.29, 1.82) is 0 Å². The zero-order valence-electron chi connectivity index (χ0n) is 16.1. The van der Waals surface area contributed by atoms with Gasteiger partial charge in [0.1, 0.15) is 0 Å². The number of carbonyl (C=O) groups excluding carboxylic acids is 2. The minimum Gasteiger partial charge on any atom is -0.469 e. The summed E-state index contributed by atoms with van der Waals surface area (Å²) in [6.07, 6.45) is 4.05. The van der Waals surface area contributed by atoms with Gasteiger partial charge in [-0.1, -0.05) is 13.3 Å². The van der Waals surface area contributed by atoms with E-state index in [2.05, 4.69) is 27.4 Å². The number of nitrogens with zero attached hydrogens (tertiary/aromatic N) is 2. The molecule has 2 rings (SSSR count). The number of hydrogen-bond acceptors (Lipinski definition) is 4. The summed E-state index contributed by atoms with van der Waals surface area (Å²) in [7, 11) is 1.44. The number of amides is 1. The molecule has 1 saturated heterocycles. The SMILES string of the molecule is CCNC(=NCCCNC(=O)C1CCC1)N1CC(C)C(C(=O)OC)C1.I. The lowest BCUT2D eigenvalue weighted by Crippen LogP contribution is -2.41. The molecular formula is C18H33IN4O3. The smallest absolute Gasteiger partial charge is 0.310 e. The maximum absolute atomic E-state index is 11.8. The van der Waals surface area contributed by atoms with Crippen LogP contribution in [0.2, 0.25) is 0 Å². The summed E-state index contributed by atoms with van der Waals surface area (Å²) in [5, 5.41) is 6.29. The largest absolute Gasteiger partial charge is 0.469 e. The molecular weight excluding hydrogens is 447 g/mol. The molecule has 0 spiro atoms. The van der Waals surface area contributed by atoms with Crippen LogP contribution in [-0.2, 0) is 14.3 Å². The van der Waals surface area contributed by atoms with Crippen LogP contribution in [-0.4, -0.2) is 62.6 Å². The normalized spacial score (nSPS) is 23.0. The minimum atomic E-state index is -0.149. The van der Waals surface area contributed by atoms with Gasteiger partial charge in [0.2, 0.25) is 5.91 Å². The number of aliphatic imine (C=N–C) groups is 1. The van der Waals surface area contributed by atoms with Gasteiger partial charge in [0.25, 0.3) is 0 Å². The lowest BCUT2D eigenvalue weighted by molar-refractivity contribution is -0.146. The molecule has 2 atom stereocenters. The highest BCUT2D eigenvalue weighted by Gasteiger charge is 2.36. The van der Waals surface area contributed by atoms with E-state index in [0.717, 1.165) is 38.3 Å². The van der Waals surface area contributed by atoms with Crippen molar-refractivity contribution in [1.82, 2.24) is 15.5 Å². The minimum absolute atomic E-state index is 0. The number of esters is 1. The first-order valence-corrected chi connectivity index (χ1v) is 9.45. The number of guanidine groups is 1. The van der Waals surface area contributed by atoms with E-state index in [1.54, 1.807) is 0 Å². The number of hydrogen-bond donors (Lipinski definition) is 2. The summed E-state index contributed by atoms with van der Waals surface area (Å²) in [6, 6.07) is 0. The fourth-order valence-electron chi connectivity index (χ4n) is 3.31. The fourth-order valence-corrected chi connectivity index (χ4v) is 3.31. The van der Waals surface area contributed by atoms with Crippen molar-refractivity contribution in [3.8, 4) is 0 Å². The Hall–Kier alpha value is -1.06. The van der Waals surface area contributed by atoms with Crippen molar-refractivity contribution in [2.45, 2.75) is 39.5 Å². The first kappa shape index (κ1) is 23.0. The van der Waals surface area contributed by atoms with Gasteiger partial charge in [0.15, 0.2) is 5.96 Å². The van der Waals surface area contributed by atoms with Crippen molar-refractivity contribution in [3.05, 3.63) is 0 Å². The molecule has 1 aliphatic carbocycles. The van der Waals surface area contributed by atoms with Crippen molar-refractivity contribution in [2.75, 3.05) is 39.8 Å². The molecule has 1 heterocycles. The Kier molecular flexibility index (Phi) is 10.3. The maximum Gasteiger partial charge on any atom is 0.310 e. The van der Waals surface area contributed by atoms with E-state index in [9.17, 15) is 9.59 Å². The third-order valence-electron chi connectivity index (χ3n) is 5.12. The van der Waals surface area contributed by atoms with Gasteiger partial charge in [-0.2, -0.15) is 0 Å². The predicted octanol–water partition coefficient (Wildman–Crippen LogP) is 1.62. The zero-order chi connectivity index (χ0) is 18.2. The quantitative estimate of drug-likeness (QED) is 0.190. The lowest BCUT2D eigenvalue weighted by atomic mass is 9.85. The first-order chi connectivity index (χ1) is 12.1. The highest BCUT2D eigenvalue weighted by Crippen LogP contribution is 2.26. The van der Waals surface area contributed by atoms with Gasteiger partial charge in [0.05, 0.1) is 13.0 Å². The highest BCUT2D eigenvalue weighted by molar-refractivity contribution is 14.0. The van der Waals surface area contributed by atoms with Gasteiger partial charge in [-0.05, 0) is 32.1 Å². The van der Waals surface area contributed by atoms with Crippen LogP contribution in [0.3, 0.4) is 0 Å². The molecule has 2 fully saturated rings. The second-order valence-corrected chi connectivity index (χ2v) is 7.02. The van der Waals surface area contributed by atoms with Gasteiger partial charge in [0, 0.05) is 38.6 Å². The van der Waals surface area contributed by atoms with E-state index in [0.29, 0.717) is 19.6 Å². The monoisotopic (exact) mass is 480 g/mol. The number of likely N-dealkylation sites (tertiary alicyclic amines) is 1. The number of carbonyl (C=O) groups is 2. The summed E-state index contributed by atoms with van der Waals surface area (Å²) in [5.41, 5.74) is 0. The molecule has 7 nitrogen and oxygen atoms in total. The van der Waals surface area contributed by atoms with Gasteiger partial charge < -0.3 is 20.3 Å². The van der Waals surface area contributed by atoms with Gasteiger partial charge in [-0.25, -0.2) is 0 Å². The number of ether oxygens (including phenoxy) is 1. The van der Waals surface area contributed by atoms with Crippen molar-refractivity contribution in [3.63, 3.8) is 0 Å². The summed E-state index contributed by atoms with van der Waals surface area (Å²) in [5.74, 6) is 1.27. The average Bonchev–Trinajstić information content (AvgIpc) is 2.93. The molecule has 1 aliphatic heterocycles. The first-order valence-electron chi connectivity index (χ1n) is 9.45. The molecule has 0 aromatic carbocycles. The lowest BCUT2D eigenvalue weighted by Gasteiger charge is -2.24. The molecule has 1 saturated carbocycles. The summed E-state index contributed by atoms with van der Waals surface area (Å²) in [4.78, 5) is 30.4. The van der Waals surface area contributed by atoms with Crippen LogP contribution in [0, 0.1) is 17.8 Å². The summed E-state index contributed by atoms with van der Waals surface area (Å²) >= 11 is 0.